The number of anilines is 1. The minimum absolute atomic E-state index is 0.104. The number of nitrogens with one attached hydrogen (secondary N) is 2. The number of aromatic nitrogens is 4. The number of furan rings is 1. The average Bonchev–Trinajstić information content (AvgIpc) is 3.67. The summed E-state index contributed by atoms with van der Waals surface area (Å²) >= 11 is 3.76. The number of aromatic amines is 1. The third-order valence-electron chi connectivity index (χ3n) is 5.65. The van der Waals surface area contributed by atoms with E-state index in [1.165, 1.54) is 41.8 Å². The maximum Gasteiger partial charge on any atom is 0.352 e. The number of carbonyl (C=O) groups is 3. The van der Waals surface area contributed by atoms with Gasteiger partial charge in [-0.05, 0) is 24.6 Å². The van der Waals surface area contributed by atoms with E-state index < -0.39 is 29.2 Å². The highest BCUT2D eigenvalue weighted by molar-refractivity contribution is 8.01. The van der Waals surface area contributed by atoms with Crippen molar-refractivity contribution in [2.45, 2.75) is 28.7 Å². The lowest BCUT2D eigenvalue weighted by molar-refractivity contribution is -0.150. The highest BCUT2D eigenvalue weighted by Gasteiger charge is 2.55. The average molecular weight is 577 g/mol. The fourth-order valence-electron chi connectivity index (χ4n) is 3.92. The fraction of sp³-hybridized carbons (Fsp3) is 0.286. The quantitative estimate of drug-likeness (QED) is 0.123. The van der Waals surface area contributed by atoms with Crippen molar-refractivity contribution in [2.24, 2.45) is 5.16 Å². The number of H-pyrrole nitrogens is 1. The van der Waals surface area contributed by atoms with Crippen LogP contribution in [0.4, 0.5) is 5.13 Å². The molecule has 5 rings (SSSR count). The van der Waals surface area contributed by atoms with E-state index in [2.05, 4.69) is 30.6 Å². The van der Waals surface area contributed by atoms with Gasteiger partial charge in [0.2, 0.25) is 0 Å². The molecule has 5 N–H and O–H groups in total. The summed E-state index contributed by atoms with van der Waals surface area (Å²) in [5, 5.41) is 25.8. The van der Waals surface area contributed by atoms with Crippen molar-refractivity contribution in [1.82, 2.24) is 30.4 Å². The molecule has 5 heterocycles. The van der Waals surface area contributed by atoms with Crippen molar-refractivity contribution < 1.29 is 28.7 Å². The highest BCUT2D eigenvalue weighted by atomic mass is 32.2. The fourth-order valence-corrected chi connectivity index (χ4v) is 6.96. The van der Waals surface area contributed by atoms with Crippen LogP contribution in [0.1, 0.15) is 12.6 Å². The number of oxime groups is 1. The Balaban J connectivity index is 1.32. The van der Waals surface area contributed by atoms with Gasteiger partial charge in [-0.3, -0.25) is 14.5 Å². The van der Waals surface area contributed by atoms with Gasteiger partial charge in [0.25, 0.3) is 11.8 Å². The lowest BCUT2D eigenvalue weighted by Crippen LogP contribution is -2.71. The topological polar surface area (TPSA) is 202 Å². The molecule has 0 spiro atoms. The first-order valence-electron chi connectivity index (χ1n) is 11.0. The Kier molecular flexibility index (Phi) is 7.13. The SMILES string of the molecule is CON=C(C(=O)N[C@@H]1C(=O)N2C(C(=O)O)=C(C(C)Sc3nnc(-c4ccco4)[nH]3)CS[C@@H]12)c1csc(N)n1. The van der Waals surface area contributed by atoms with Crippen LogP contribution in [0.5, 0.6) is 0 Å². The van der Waals surface area contributed by atoms with Crippen LogP contribution in [-0.4, -0.2) is 83.2 Å². The van der Waals surface area contributed by atoms with Crippen molar-refractivity contribution in [1.29, 1.82) is 0 Å². The molecule has 0 aromatic carbocycles. The first kappa shape index (κ1) is 25.8. The monoisotopic (exact) mass is 576 g/mol. The molecule has 2 aliphatic heterocycles. The predicted octanol–water partition coefficient (Wildman–Crippen LogP) is 1.37. The van der Waals surface area contributed by atoms with Crippen molar-refractivity contribution in [3.05, 3.63) is 40.7 Å². The van der Waals surface area contributed by atoms with E-state index >= 15 is 0 Å². The minimum Gasteiger partial charge on any atom is -0.477 e. The molecule has 1 unspecified atom stereocenters. The molecule has 38 heavy (non-hydrogen) atoms. The van der Waals surface area contributed by atoms with Gasteiger partial charge in [-0.25, -0.2) is 9.78 Å². The summed E-state index contributed by atoms with van der Waals surface area (Å²) in [5.74, 6) is -1.17. The largest absolute Gasteiger partial charge is 0.477 e. The maximum atomic E-state index is 13.1. The number of thioether (sulfide) groups is 2. The second-order valence-corrected chi connectivity index (χ2v) is 11.3. The number of fused-ring (bicyclic) bond motifs is 1. The molecular formula is C21H20N8O6S3. The summed E-state index contributed by atoms with van der Waals surface area (Å²) in [4.78, 5) is 51.3. The summed E-state index contributed by atoms with van der Waals surface area (Å²) in [6, 6.07) is 2.52. The van der Waals surface area contributed by atoms with Gasteiger partial charge in [0, 0.05) is 16.4 Å². The number of nitrogens with zero attached hydrogens (tertiary/aromatic N) is 5. The second kappa shape index (κ2) is 10.5. The highest BCUT2D eigenvalue weighted by Crippen LogP contribution is 2.43. The van der Waals surface area contributed by atoms with E-state index in [0.717, 1.165) is 11.3 Å². The summed E-state index contributed by atoms with van der Waals surface area (Å²) in [6.07, 6.45) is 1.52. The number of nitrogen functional groups attached to an aromatic ring is 1. The van der Waals surface area contributed by atoms with Gasteiger partial charge in [-0.1, -0.05) is 16.9 Å². The molecule has 3 aromatic rings. The first-order chi connectivity index (χ1) is 18.3. The van der Waals surface area contributed by atoms with E-state index in [4.69, 9.17) is 15.0 Å². The Hall–Kier alpha value is -3.83. The molecule has 14 nitrogen and oxygen atoms in total. The van der Waals surface area contributed by atoms with Crippen LogP contribution >= 0.6 is 34.9 Å². The zero-order valence-corrected chi connectivity index (χ0v) is 22.2. The number of hydrogen-bond acceptors (Lipinski definition) is 13. The zero-order chi connectivity index (χ0) is 27.0. The minimum atomic E-state index is -1.23. The number of carboxylic acid groups (broad SMARTS) is 1. The van der Waals surface area contributed by atoms with Gasteiger partial charge >= 0.3 is 5.97 Å². The Morgan fingerprint density at radius 2 is 2.26 bits per heavy atom. The van der Waals surface area contributed by atoms with Crippen molar-refractivity contribution in [3.8, 4) is 11.6 Å². The number of nitrogens with two attached hydrogens (primary N) is 1. The molecule has 0 radical (unpaired) electrons. The van der Waals surface area contributed by atoms with E-state index in [0.29, 0.717) is 28.1 Å². The third kappa shape index (κ3) is 4.74. The Morgan fingerprint density at radius 1 is 1.45 bits per heavy atom. The number of amides is 2. The Labute approximate surface area is 227 Å². The molecule has 198 valence electrons. The number of rotatable bonds is 9. The van der Waals surface area contributed by atoms with Crippen LogP contribution in [0.3, 0.4) is 0 Å². The molecule has 1 fully saturated rings. The number of aliphatic carboxylic acids is 1. The summed E-state index contributed by atoms with van der Waals surface area (Å²) in [6.45, 7) is 1.83. The lowest BCUT2D eigenvalue weighted by atomic mass is 10.0. The summed E-state index contributed by atoms with van der Waals surface area (Å²) in [7, 11) is 1.28. The maximum absolute atomic E-state index is 13.1. The lowest BCUT2D eigenvalue weighted by Gasteiger charge is -2.49. The van der Waals surface area contributed by atoms with E-state index in [1.807, 2.05) is 6.92 Å². The predicted molar refractivity (Wildman–Crippen MR) is 139 cm³/mol. The van der Waals surface area contributed by atoms with Crippen molar-refractivity contribution >= 4 is 63.5 Å². The van der Waals surface area contributed by atoms with Gasteiger partial charge in [0.1, 0.15) is 29.9 Å². The van der Waals surface area contributed by atoms with E-state index in [1.54, 1.807) is 17.5 Å². The first-order valence-corrected chi connectivity index (χ1v) is 13.8. The van der Waals surface area contributed by atoms with Crippen LogP contribution in [0.15, 0.2) is 49.8 Å². The molecule has 3 aromatic heterocycles. The molecule has 2 aliphatic rings. The molecule has 0 bridgehead atoms. The van der Waals surface area contributed by atoms with Gasteiger partial charge in [-0.2, -0.15) is 0 Å². The van der Waals surface area contributed by atoms with Gasteiger partial charge in [0.05, 0.1) is 6.26 Å². The van der Waals surface area contributed by atoms with Crippen LogP contribution in [0, 0.1) is 0 Å². The van der Waals surface area contributed by atoms with Crippen molar-refractivity contribution in [2.75, 3.05) is 18.6 Å². The Morgan fingerprint density at radius 3 is 2.92 bits per heavy atom. The van der Waals surface area contributed by atoms with Gasteiger partial charge in [0.15, 0.2) is 27.6 Å². The normalized spacial score (nSPS) is 20.1. The van der Waals surface area contributed by atoms with E-state index in [9.17, 15) is 19.5 Å². The third-order valence-corrected chi connectivity index (χ3v) is 8.67. The smallest absolute Gasteiger partial charge is 0.352 e. The molecule has 3 atom stereocenters. The van der Waals surface area contributed by atoms with Crippen molar-refractivity contribution in [3.63, 3.8) is 0 Å². The van der Waals surface area contributed by atoms with Crippen LogP contribution in [0.2, 0.25) is 0 Å². The number of hydrogen-bond donors (Lipinski definition) is 4. The van der Waals surface area contributed by atoms with Crippen LogP contribution < -0.4 is 11.1 Å². The standard InChI is InChI=1S/C21H20N8O6S3/c1-8(38-21-25-15(26-27-21)11-4-3-5-35-11)9-6-36-18-13(17(31)29(18)14(9)19(32)33)24-16(30)12(28-34-2)10-7-37-20(22)23-10/h3-5,7-8,13,18H,6H2,1-2H3,(H2,22,23)(H,24,30)(H,32,33)(H,25,26,27)/t8?,13-,18+/m1/s1. The second-order valence-electron chi connectivity index (χ2n) is 7.95. The number of carboxylic acids is 1. The molecule has 17 heteroatoms. The van der Waals surface area contributed by atoms with Gasteiger partial charge < -0.3 is 30.4 Å². The molecule has 0 aliphatic carbocycles. The summed E-state index contributed by atoms with van der Waals surface area (Å²) in [5.41, 5.74) is 6.16. The molecule has 2 amide bonds. The van der Waals surface area contributed by atoms with Gasteiger partial charge in [-0.15, -0.1) is 33.3 Å². The number of thiazole rings is 1. The zero-order valence-electron chi connectivity index (χ0n) is 19.8. The molecular weight excluding hydrogens is 556 g/mol. The molecule has 1 saturated heterocycles. The summed E-state index contributed by atoms with van der Waals surface area (Å²) < 4.78 is 5.31. The van der Waals surface area contributed by atoms with Crippen LogP contribution in [0.25, 0.3) is 11.6 Å². The Bertz CT molecular complexity index is 1450. The van der Waals surface area contributed by atoms with Crippen LogP contribution in [-0.2, 0) is 19.2 Å². The number of β-lactam (4-membered cyclic amide) rings is 1. The molecule has 0 saturated carbocycles. The van der Waals surface area contributed by atoms with E-state index in [-0.39, 0.29) is 27.5 Å². The number of carbonyl (C=O) groups excluding carboxylic acids is 2.